The van der Waals surface area contributed by atoms with E-state index in [4.69, 9.17) is 10.5 Å². The molecule has 230 valence electrons. The molecule has 3 saturated heterocycles. The first-order chi connectivity index (χ1) is 20.1. The van der Waals surface area contributed by atoms with Gasteiger partial charge >= 0.3 is 6.03 Å². The van der Waals surface area contributed by atoms with Crippen LogP contribution in [-0.2, 0) is 4.79 Å². The lowest BCUT2D eigenvalue weighted by molar-refractivity contribution is -0.145. The van der Waals surface area contributed by atoms with E-state index < -0.39 is 0 Å². The summed E-state index contributed by atoms with van der Waals surface area (Å²) in [7, 11) is 0. The Bertz CT molecular complexity index is 1150. The topological polar surface area (TPSA) is 104 Å². The van der Waals surface area contributed by atoms with E-state index in [1.54, 1.807) is 0 Å². The summed E-state index contributed by atoms with van der Waals surface area (Å²) in [5, 5.41) is 3.49. The minimum atomic E-state index is -0.314. The van der Waals surface area contributed by atoms with Crippen LogP contribution in [-0.4, -0.2) is 83.2 Å². The lowest BCUT2D eigenvalue weighted by Crippen LogP contribution is -2.64. The lowest BCUT2D eigenvalue weighted by Gasteiger charge is -2.59. The SMILES string of the molecule is CC(C)(C)N1CCN(c2ccc(OCC3CC4CCC(C3)N4C(=O)NC3C4CC5CC3CC(C(N)=O)(C5)C4)nc2)CC1. The zero-order valence-electron chi connectivity index (χ0n) is 25.8. The summed E-state index contributed by atoms with van der Waals surface area (Å²) in [5.41, 5.74) is 6.94. The number of fused-ring (bicyclic) bond motifs is 2. The zero-order chi connectivity index (χ0) is 29.2. The third-order valence-electron chi connectivity index (χ3n) is 11.9. The van der Waals surface area contributed by atoms with Crippen LogP contribution < -0.4 is 20.7 Å². The molecule has 1 aromatic heterocycles. The van der Waals surface area contributed by atoms with Gasteiger partial charge in [0.2, 0.25) is 11.8 Å². The number of piperidine rings is 1. The average Bonchev–Trinajstić information content (AvgIpc) is 3.23. The largest absolute Gasteiger partial charge is 0.477 e. The Morgan fingerprint density at radius 1 is 1.00 bits per heavy atom. The van der Waals surface area contributed by atoms with Gasteiger partial charge < -0.3 is 25.6 Å². The van der Waals surface area contributed by atoms with Crippen LogP contribution in [0.4, 0.5) is 10.5 Å². The average molecular weight is 579 g/mol. The monoisotopic (exact) mass is 578 g/mol. The van der Waals surface area contributed by atoms with Crippen LogP contribution in [0.3, 0.4) is 0 Å². The number of hydrogen-bond acceptors (Lipinski definition) is 6. The maximum Gasteiger partial charge on any atom is 0.318 e. The number of anilines is 1. The molecular formula is C33H50N6O3. The van der Waals surface area contributed by atoms with E-state index in [2.05, 4.69) is 51.8 Å². The van der Waals surface area contributed by atoms with Crippen molar-refractivity contribution in [1.82, 2.24) is 20.1 Å². The van der Waals surface area contributed by atoms with Gasteiger partial charge in [0, 0.05) is 61.3 Å². The maximum atomic E-state index is 13.7. The Morgan fingerprint density at radius 3 is 2.24 bits per heavy atom. The zero-order valence-corrected chi connectivity index (χ0v) is 25.8. The van der Waals surface area contributed by atoms with Crippen LogP contribution in [0.15, 0.2) is 18.3 Å². The molecule has 0 spiro atoms. The van der Waals surface area contributed by atoms with Gasteiger partial charge in [-0.2, -0.15) is 0 Å². The highest BCUT2D eigenvalue weighted by molar-refractivity contribution is 5.81. The second kappa shape index (κ2) is 10.6. The van der Waals surface area contributed by atoms with Crippen molar-refractivity contribution >= 4 is 17.6 Å². The van der Waals surface area contributed by atoms with Gasteiger partial charge in [0.1, 0.15) is 0 Å². The summed E-state index contributed by atoms with van der Waals surface area (Å²) in [5.74, 6) is 2.40. The van der Waals surface area contributed by atoms with Crippen molar-refractivity contribution in [3.8, 4) is 5.88 Å². The molecule has 6 bridgehead atoms. The van der Waals surface area contributed by atoms with Crippen molar-refractivity contribution in [2.45, 2.75) is 102 Å². The number of amides is 3. The van der Waals surface area contributed by atoms with Crippen LogP contribution in [0.2, 0.25) is 0 Å². The fraction of sp³-hybridized carbons (Fsp3) is 0.788. The maximum absolute atomic E-state index is 13.7. The van der Waals surface area contributed by atoms with Crippen molar-refractivity contribution < 1.29 is 14.3 Å². The third-order valence-corrected chi connectivity index (χ3v) is 11.9. The number of nitrogens with two attached hydrogens (primary N) is 1. The molecular weight excluding hydrogens is 528 g/mol. The van der Waals surface area contributed by atoms with Crippen LogP contribution in [0.25, 0.3) is 0 Å². The molecule has 3 amide bonds. The number of nitrogens with one attached hydrogen (secondary N) is 1. The molecule has 8 rings (SSSR count). The summed E-state index contributed by atoms with van der Waals surface area (Å²) < 4.78 is 6.19. The normalized spacial score (nSPS) is 37.6. The minimum absolute atomic E-state index is 0.116. The van der Waals surface area contributed by atoms with Crippen molar-refractivity contribution in [1.29, 1.82) is 0 Å². The Morgan fingerprint density at radius 2 is 1.67 bits per heavy atom. The molecule has 9 heteroatoms. The Kier molecular flexibility index (Phi) is 7.10. The fourth-order valence-corrected chi connectivity index (χ4v) is 10.0. The summed E-state index contributed by atoms with van der Waals surface area (Å²) in [6, 6.07) is 5.03. The number of carbonyl (C=O) groups excluding carboxylic acids is 2. The van der Waals surface area contributed by atoms with Crippen molar-refractivity contribution in [3.05, 3.63) is 18.3 Å². The molecule has 7 aliphatic rings. The van der Waals surface area contributed by atoms with Gasteiger partial charge in [0.05, 0.1) is 18.5 Å². The summed E-state index contributed by atoms with van der Waals surface area (Å²) in [6.07, 6.45) is 11.0. The number of aromatic nitrogens is 1. The Hall–Kier alpha value is -2.55. The van der Waals surface area contributed by atoms with E-state index in [1.165, 1.54) is 0 Å². The Labute approximate surface area is 250 Å². The van der Waals surface area contributed by atoms with Crippen molar-refractivity contribution in [2.24, 2.45) is 34.8 Å². The van der Waals surface area contributed by atoms with Crippen LogP contribution in [0.1, 0.15) is 78.6 Å². The van der Waals surface area contributed by atoms with Gasteiger partial charge in [-0.25, -0.2) is 9.78 Å². The Balaban J connectivity index is 0.898. The molecule has 3 N–H and O–H groups in total. The molecule has 4 aliphatic carbocycles. The molecule has 9 nitrogen and oxygen atoms in total. The molecule has 4 unspecified atom stereocenters. The van der Waals surface area contributed by atoms with E-state index in [1.807, 2.05) is 12.3 Å². The minimum Gasteiger partial charge on any atom is -0.477 e. The van der Waals surface area contributed by atoms with Gasteiger partial charge in [-0.3, -0.25) is 9.69 Å². The van der Waals surface area contributed by atoms with E-state index in [-0.39, 0.29) is 41.0 Å². The summed E-state index contributed by atoms with van der Waals surface area (Å²) >= 11 is 0. The lowest BCUT2D eigenvalue weighted by atomic mass is 9.47. The molecule has 4 saturated carbocycles. The second-order valence-corrected chi connectivity index (χ2v) is 15.5. The second-order valence-electron chi connectivity index (χ2n) is 15.5. The number of nitrogens with zero attached hydrogens (tertiary/aromatic N) is 4. The third kappa shape index (κ3) is 5.13. The molecule has 0 radical (unpaired) electrons. The molecule has 7 fully saturated rings. The van der Waals surface area contributed by atoms with Crippen LogP contribution in [0, 0.1) is 29.1 Å². The van der Waals surface area contributed by atoms with Gasteiger partial charge in [-0.15, -0.1) is 0 Å². The number of piperazine rings is 1. The fourth-order valence-electron chi connectivity index (χ4n) is 10.0. The van der Waals surface area contributed by atoms with Gasteiger partial charge in [-0.1, -0.05) is 0 Å². The van der Waals surface area contributed by atoms with Crippen LogP contribution >= 0.6 is 0 Å². The summed E-state index contributed by atoms with van der Waals surface area (Å²) in [6.45, 7) is 11.7. The highest BCUT2D eigenvalue weighted by atomic mass is 16.5. The molecule has 4 heterocycles. The van der Waals surface area contributed by atoms with Gasteiger partial charge in [0.25, 0.3) is 0 Å². The standard InChI is InChI=1S/C33H50N6O3/c1-32(2,3)38-10-8-37(9-11-38)27-6-7-28(35-19-27)42-20-22-14-25-4-5-26(15-22)39(25)31(41)36-29-23-12-21-13-24(29)18-33(16-21,17-23)30(34)40/h6-7,19,21-26,29H,4-5,8-18,20H2,1-3H3,(H2,34,40)(H,36,41). The number of pyridine rings is 1. The smallest absolute Gasteiger partial charge is 0.318 e. The van der Waals surface area contributed by atoms with E-state index in [0.29, 0.717) is 36.2 Å². The summed E-state index contributed by atoms with van der Waals surface area (Å²) in [4.78, 5) is 37.7. The molecule has 4 atom stereocenters. The number of primary amides is 1. The van der Waals surface area contributed by atoms with E-state index in [0.717, 1.165) is 89.7 Å². The number of hydrogen-bond donors (Lipinski definition) is 2. The molecule has 3 aliphatic heterocycles. The first-order valence-corrected chi connectivity index (χ1v) is 16.6. The van der Waals surface area contributed by atoms with Gasteiger partial charge in [0.15, 0.2) is 0 Å². The van der Waals surface area contributed by atoms with E-state index in [9.17, 15) is 9.59 Å². The number of ether oxygens (including phenoxy) is 1. The number of carbonyl (C=O) groups is 2. The molecule has 0 aromatic carbocycles. The van der Waals surface area contributed by atoms with Crippen LogP contribution in [0.5, 0.6) is 5.88 Å². The van der Waals surface area contributed by atoms with Crippen molar-refractivity contribution in [3.63, 3.8) is 0 Å². The highest BCUT2D eigenvalue weighted by Crippen LogP contribution is 2.60. The highest BCUT2D eigenvalue weighted by Gasteiger charge is 2.58. The predicted molar refractivity (Wildman–Crippen MR) is 162 cm³/mol. The number of urea groups is 1. The number of rotatable bonds is 6. The molecule has 1 aromatic rings. The van der Waals surface area contributed by atoms with Gasteiger partial charge in [-0.05, 0) is 108 Å². The predicted octanol–water partition coefficient (Wildman–Crippen LogP) is 4.01. The molecule has 42 heavy (non-hydrogen) atoms. The first kappa shape index (κ1) is 28.2. The van der Waals surface area contributed by atoms with E-state index >= 15 is 0 Å². The van der Waals surface area contributed by atoms with Crippen molar-refractivity contribution in [2.75, 3.05) is 37.7 Å². The first-order valence-electron chi connectivity index (χ1n) is 16.6. The quantitative estimate of drug-likeness (QED) is 0.529.